The maximum absolute atomic E-state index is 2.26. The summed E-state index contributed by atoms with van der Waals surface area (Å²) >= 11 is 3.71. The van der Waals surface area contributed by atoms with Crippen molar-refractivity contribution in [3.63, 3.8) is 0 Å². The van der Waals surface area contributed by atoms with E-state index >= 15 is 0 Å². The first-order chi connectivity index (χ1) is 23.5. The van der Waals surface area contributed by atoms with Crippen LogP contribution in [-0.4, -0.2) is 0 Å². The normalized spacial score (nSPS) is 11.8. The lowest BCUT2D eigenvalue weighted by Crippen LogP contribution is -1.78. The molecule has 0 fully saturated rings. The average Bonchev–Trinajstić information content (AvgIpc) is 3.81. The Kier molecular flexibility index (Phi) is 8.20. The third kappa shape index (κ3) is 6.59. The molecule has 8 rings (SSSR count). The highest BCUT2D eigenvalue weighted by Crippen LogP contribution is 2.40. The van der Waals surface area contributed by atoms with Gasteiger partial charge in [0, 0.05) is 19.5 Å². The number of aryl methyl sites for hydroxylation is 2. The standard InChI is InChI=1S/C46H34S2/c1-31-3-15-41-29-35(13-21-39(41)27-31)7-5-33-9-17-37(18-10-33)43-23-25-45(47-43)46-26-24-44(48-46)38-19-11-34(12-20-38)6-8-36-14-22-40-28-32(2)4-16-42(40)30-36/h3-30H,1-2H3/b7-5+,8-6+. The van der Waals surface area contributed by atoms with Crippen molar-refractivity contribution in [2.75, 3.05) is 0 Å². The van der Waals surface area contributed by atoms with Crippen LogP contribution in [0.25, 0.3) is 76.5 Å². The molecule has 2 heterocycles. The van der Waals surface area contributed by atoms with E-state index in [0.717, 1.165) is 0 Å². The number of fused-ring (bicyclic) bond motifs is 2. The highest BCUT2D eigenvalue weighted by molar-refractivity contribution is 7.25. The molecule has 0 N–H and O–H groups in total. The average molecular weight is 651 g/mol. The van der Waals surface area contributed by atoms with Crippen LogP contribution in [-0.2, 0) is 0 Å². The molecule has 0 amide bonds. The minimum absolute atomic E-state index is 1.20. The molecule has 0 radical (unpaired) electrons. The van der Waals surface area contributed by atoms with Gasteiger partial charge in [0.15, 0.2) is 0 Å². The van der Waals surface area contributed by atoms with E-state index in [1.165, 1.54) is 85.6 Å². The molecular formula is C46H34S2. The first-order valence-corrected chi connectivity index (χ1v) is 17.9. The predicted molar refractivity (Wildman–Crippen MR) is 214 cm³/mol. The van der Waals surface area contributed by atoms with Gasteiger partial charge in [-0.15, -0.1) is 22.7 Å². The van der Waals surface area contributed by atoms with Gasteiger partial charge in [-0.1, -0.05) is 145 Å². The molecule has 0 saturated carbocycles. The zero-order valence-electron chi connectivity index (χ0n) is 27.0. The van der Waals surface area contributed by atoms with Crippen LogP contribution in [0.3, 0.4) is 0 Å². The predicted octanol–water partition coefficient (Wildman–Crippen LogP) is 14.1. The van der Waals surface area contributed by atoms with Crippen molar-refractivity contribution in [1.29, 1.82) is 0 Å². The van der Waals surface area contributed by atoms with Crippen LogP contribution in [0.5, 0.6) is 0 Å². The summed E-state index contributed by atoms with van der Waals surface area (Å²) in [6.07, 6.45) is 8.78. The summed E-state index contributed by atoms with van der Waals surface area (Å²) in [7, 11) is 0. The number of hydrogen-bond acceptors (Lipinski definition) is 2. The fourth-order valence-electron chi connectivity index (χ4n) is 6.13. The molecule has 0 aliphatic heterocycles. The molecule has 0 aliphatic rings. The Hall–Kier alpha value is -5.28. The zero-order valence-corrected chi connectivity index (χ0v) is 28.6. The minimum Gasteiger partial charge on any atom is -0.134 e. The second kappa shape index (κ2) is 13.1. The summed E-state index contributed by atoms with van der Waals surface area (Å²) in [4.78, 5) is 5.19. The number of benzene rings is 6. The van der Waals surface area contributed by atoms with Crippen LogP contribution in [0.15, 0.2) is 146 Å². The molecule has 0 aliphatic carbocycles. The fourth-order valence-corrected chi connectivity index (χ4v) is 8.24. The van der Waals surface area contributed by atoms with Gasteiger partial charge in [0.25, 0.3) is 0 Å². The van der Waals surface area contributed by atoms with Crippen LogP contribution >= 0.6 is 22.7 Å². The summed E-state index contributed by atoms with van der Waals surface area (Å²) in [5.74, 6) is 0. The van der Waals surface area contributed by atoms with Crippen LogP contribution in [0.2, 0.25) is 0 Å². The van der Waals surface area contributed by atoms with Gasteiger partial charge in [-0.2, -0.15) is 0 Å². The Morgan fingerprint density at radius 2 is 0.646 bits per heavy atom. The van der Waals surface area contributed by atoms with Crippen molar-refractivity contribution < 1.29 is 0 Å². The maximum Gasteiger partial charge on any atom is 0.0449 e. The Labute approximate surface area is 290 Å². The Morgan fingerprint density at radius 1 is 0.312 bits per heavy atom. The second-order valence-electron chi connectivity index (χ2n) is 12.5. The molecule has 48 heavy (non-hydrogen) atoms. The van der Waals surface area contributed by atoms with E-state index in [2.05, 4.69) is 184 Å². The van der Waals surface area contributed by atoms with Gasteiger partial charge in [-0.05, 0) is 105 Å². The summed E-state index contributed by atoms with van der Waals surface area (Å²) in [5.41, 5.74) is 9.93. The smallest absolute Gasteiger partial charge is 0.0449 e. The van der Waals surface area contributed by atoms with Crippen molar-refractivity contribution in [1.82, 2.24) is 0 Å². The van der Waals surface area contributed by atoms with Gasteiger partial charge in [0.05, 0.1) is 0 Å². The number of rotatable bonds is 7. The molecular weight excluding hydrogens is 617 g/mol. The van der Waals surface area contributed by atoms with Gasteiger partial charge in [-0.3, -0.25) is 0 Å². The van der Waals surface area contributed by atoms with Crippen molar-refractivity contribution in [2.45, 2.75) is 13.8 Å². The summed E-state index contributed by atoms with van der Waals surface area (Å²) in [6.45, 7) is 4.28. The molecule has 6 aromatic carbocycles. The molecule has 230 valence electrons. The number of thiophene rings is 2. The van der Waals surface area contributed by atoms with E-state index in [-0.39, 0.29) is 0 Å². The van der Waals surface area contributed by atoms with Gasteiger partial charge in [0.2, 0.25) is 0 Å². The minimum atomic E-state index is 1.20. The topological polar surface area (TPSA) is 0 Å². The highest BCUT2D eigenvalue weighted by atomic mass is 32.1. The van der Waals surface area contributed by atoms with Gasteiger partial charge in [-0.25, -0.2) is 0 Å². The SMILES string of the molecule is Cc1ccc2cc(/C=C/c3ccc(-c4ccc(-c5ccc(-c6ccc(/C=C/c7ccc8cc(C)ccc8c7)cc6)s5)s4)cc3)ccc2c1. The molecule has 0 nitrogen and oxygen atoms in total. The van der Waals surface area contributed by atoms with Crippen molar-refractivity contribution in [2.24, 2.45) is 0 Å². The quantitative estimate of drug-likeness (QED) is 0.151. The van der Waals surface area contributed by atoms with Crippen molar-refractivity contribution in [3.8, 4) is 30.6 Å². The monoisotopic (exact) mass is 650 g/mol. The first kappa shape index (κ1) is 30.1. The van der Waals surface area contributed by atoms with Gasteiger partial charge < -0.3 is 0 Å². The Balaban J connectivity index is 0.921. The lowest BCUT2D eigenvalue weighted by atomic mass is 10.0. The molecule has 2 heteroatoms. The van der Waals surface area contributed by atoms with E-state index < -0.39 is 0 Å². The molecule has 0 bridgehead atoms. The fraction of sp³-hybridized carbons (Fsp3) is 0.0435. The van der Waals surface area contributed by atoms with E-state index in [0.29, 0.717) is 0 Å². The first-order valence-electron chi connectivity index (χ1n) is 16.3. The summed E-state index contributed by atoms with van der Waals surface area (Å²) < 4.78 is 0. The van der Waals surface area contributed by atoms with Crippen LogP contribution < -0.4 is 0 Å². The summed E-state index contributed by atoms with van der Waals surface area (Å²) in [5, 5.41) is 5.13. The molecule has 0 unspecified atom stereocenters. The maximum atomic E-state index is 2.26. The lowest BCUT2D eigenvalue weighted by molar-refractivity contribution is 1.50. The Bertz CT molecular complexity index is 2270. The van der Waals surface area contributed by atoms with E-state index in [1.807, 2.05) is 22.7 Å². The molecule has 0 atom stereocenters. The van der Waals surface area contributed by atoms with Crippen LogP contribution in [0.4, 0.5) is 0 Å². The molecule has 0 spiro atoms. The largest absolute Gasteiger partial charge is 0.134 e. The lowest BCUT2D eigenvalue weighted by Gasteiger charge is -2.02. The second-order valence-corrected chi connectivity index (χ2v) is 14.6. The van der Waals surface area contributed by atoms with E-state index in [9.17, 15) is 0 Å². The van der Waals surface area contributed by atoms with Gasteiger partial charge >= 0.3 is 0 Å². The Morgan fingerprint density at radius 3 is 1.08 bits per heavy atom. The third-order valence-electron chi connectivity index (χ3n) is 8.82. The van der Waals surface area contributed by atoms with Crippen molar-refractivity contribution in [3.05, 3.63) is 179 Å². The van der Waals surface area contributed by atoms with Crippen LogP contribution in [0.1, 0.15) is 33.4 Å². The van der Waals surface area contributed by atoms with Crippen LogP contribution in [0, 0.1) is 13.8 Å². The molecule has 0 saturated heterocycles. The summed E-state index contributed by atoms with van der Waals surface area (Å²) in [6, 6.07) is 53.3. The van der Waals surface area contributed by atoms with Crippen molar-refractivity contribution >= 4 is 68.5 Å². The van der Waals surface area contributed by atoms with E-state index in [1.54, 1.807) is 0 Å². The van der Waals surface area contributed by atoms with E-state index in [4.69, 9.17) is 0 Å². The highest BCUT2D eigenvalue weighted by Gasteiger charge is 2.09. The molecule has 2 aromatic heterocycles. The van der Waals surface area contributed by atoms with Gasteiger partial charge in [0.1, 0.15) is 0 Å². The third-order valence-corrected chi connectivity index (χ3v) is 11.3. The molecule has 8 aromatic rings. The zero-order chi connectivity index (χ0) is 32.5. The number of hydrogen-bond donors (Lipinski definition) is 0.